The van der Waals surface area contributed by atoms with Crippen molar-refractivity contribution in [1.82, 2.24) is 9.80 Å². The quantitative estimate of drug-likeness (QED) is 0.334. The summed E-state index contributed by atoms with van der Waals surface area (Å²) in [6.07, 6.45) is 2.18. The summed E-state index contributed by atoms with van der Waals surface area (Å²) in [6, 6.07) is 0.605. The van der Waals surface area contributed by atoms with Crippen molar-refractivity contribution in [2.45, 2.75) is 50.3 Å². The third kappa shape index (κ3) is 3.71. The van der Waals surface area contributed by atoms with Crippen molar-refractivity contribution in [3.05, 3.63) is 39.7 Å². The van der Waals surface area contributed by atoms with Gasteiger partial charge >= 0.3 is 0 Å². The number of phenols is 1. The van der Waals surface area contributed by atoms with E-state index in [-0.39, 0.29) is 35.8 Å². The molecule has 0 radical (unpaired) electrons. The molecule has 1 aliphatic heterocycles. The van der Waals surface area contributed by atoms with E-state index in [1.165, 1.54) is 4.90 Å². The van der Waals surface area contributed by atoms with Gasteiger partial charge in [-0.25, -0.2) is 0 Å². The van der Waals surface area contributed by atoms with E-state index in [1.807, 2.05) is 7.05 Å². The van der Waals surface area contributed by atoms with Crippen molar-refractivity contribution in [2.75, 3.05) is 46.2 Å². The van der Waals surface area contributed by atoms with Crippen molar-refractivity contribution in [3.63, 3.8) is 0 Å². The van der Waals surface area contributed by atoms with Crippen LogP contribution >= 0.6 is 0 Å². The summed E-state index contributed by atoms with van der Waals surface area (Å²) in [5.74, 6) is -6.43. The van der Waals surface area contributed by atoms with E-state index in [1.54, 1.807) is 20.2 Å². The number of hydrogen-bond donors (Lipinski definition) is 5. The van der Waals surface area contributed by atoms with E-state index in [9.17, 15) is 34.8 Å². The zero-order valence-corrected chi connectivity index (χ0v) is 23.6. The third-order valence-electron chi connectivity index (χ3n) is 9.31. The number of carbonyl (C=O) groups excluding carboxylic acids is 3. The van der Waals surface area contributed by atoms with Gasteiger partial charge in [0.1, 0.15) is 22.8 Å². The second kappa shape index (κ2) is 9.60. The number of aliphatic hydroxyl groups is 3. The smallest absolute Gasteiger partial charge is 0.255 e. The number of nitrogens with two attached hydrogens (primary N) is 1. The fraction of sp³-hybridized carbons (Fsp3) is 0.552. The lowest BCUT2D eigenvalue weighted by molar-refractivity contribution is -0.153. The first kappa shape index (κ1) is 28.1. The third-order valence-corrected chi connectivity index (χ3v) is 9.31. The minimum Gasteiger partial charge on any atom is -0.508 e. The Balaban J connectivity index is 1.72. The Labute approximate surface area is 233 Å². The summed E-state index contributed by atoms with van der Waals surface area (Å²) >= 11 is 0. The fourth-order valence-corrected chi connectivity index (χ4v) is 7.58. The molecule has 1 aromatic rings. The van der Waals surface area contributed by atoms with Gasteiger partial charge in [-0.3, -0.25) is 24.2 Å². The average molecular weight is 555 g/mol. The van der Waals surface area contributed by atoms with Gasteiger partial charge in [-0.1, -0.05) is 6.92 Å². The van der Waals surface area contributed by atoms with Gasteiger partial charge in [0.05, 0.1) is 11.6 Å². The summed E-state index contributed by atoms with van der Waals surface area (Å²) in [5.41, 5.74) is 4.47. The second-order valence-electron chi connectivity index (χ2n) is 11.9. The molecule has 40 heavy (non-hydrogen) atoms. The lowest BCUT2D eigenvalue weighted by Gasteiger charge is -2.50. The summed E-state index contributed by atoms with van der Waals surface area (Å²) in [6.45, 7) is 3.75. The van der Waals surface area contributed by atoms with Gasteiger partial charge in [0.15, 0.2) is 11.4 Å². The minimum absolute atomic E-state index is 0.0661. The number of likely N-dealkylation sites (N-methyl/N-ethyl adjacent to an activating group) is 1. The molecule has 6 N–H and O–H groups in total. The highest BCUT2D eigenvalue weighted by molar-refractivity contribution is 6.24. The van der Waals surface area contributed by atoms with E-state index < -0.39 is 58.0 Å². The first-order valence-electron chi connectivity index (χ1n) is 13.7. The van der Waals surface area contributed by atoms with Gasteiger partial charge in [-0.05, 0) is 76.5 Å². The van der Waals surface area contributed by atoms with Crippen molar-refractivity contribution >= 4 is 28.9 Å². The molecule has 1 unspecified atom stereocenters. The van der Waals surface area contributed by atoms with Crippen LogP contribution in [0.25, 0.3) is 5.76 Å². The maximum Gasteiger partial charge on any atom is 0.255 e. The maximum absolute atomic E-state index is 14.0. The fourth-order valence-electron chi connectivity index (χ4n) is 7.58. The highest BCUT2D eigenvalue weighted by atomic mass is 16.3. The van der Waals surface area contributed by atoms with Crippen LogP contribution in [0.4, 0.5) is 5.69 Å². The molecule has 0 aromatic heterocycles. The van der Waals surface area contributed by atoms with E-state index in [4.69, 9.17) is 5.73 Å². The van der Waals surface area contributed by atoms with Crippen molar-refractivity contribution in [1.29, 1.82) is 0 Å². The van der Waals surface area contributed by atoms with Crippen LogP contribution in [0, 0.1) is 11.8 Å². The monoisotopic (exact) mass is 554 g/mol. The molecule has 5 atom stereocenters. The highest BCUT2D eigenvalue weighted by Crippen LogP contribution is 2.55. The van der Waals surface area contributed by atoms with E-state index in [0.29, 0.717) is 5.56 Å². The second-order valence-corrected chi connectivity index (χ2v) is 11.9. The number of phenolic OH excluding ortho intramolecular Hbond substituents is 1. The topological polar surface area (TPSA) is 168 Å². The molecule has 1 amide bonds. The number of primary amides is 1. The Kier molecular flexibility index (Phi) is 6.75. The zero-order valence-electron chi connectivity index (χ0n) is 23.6. The van der Waals surface area contributed by atoms with Crippen LogP contribution in [0.1, 0.15) is 48.9 Å². The molecule has 1 saturated carbocycles. The number of aromatic hydroxyl groups is 1. The molecule has 11 heteroatoms. The molecule has 1 fully saturated rings. The SMILES string of the molecule is CCCN(C)C1CCN(C)c2c1cc(O)c1c2C[C@@H]2C[C@@H]3[C@@H](N(C)C)C(=O)C(C(N)=O)=C(O)[C@@]3(O)C(=O)C2=C1O. The van der Waals surface area contributed by atoms with Crippen molar-refractivity contribution in [3.8, 4) is 5.75 Å². The first-order valence-corrected chi connectivity index (χ1v) is 13.7. The Morgan fingerprint density at radius 2 is 1.88 bits per heavy atom. The predicted octanol–water partition coefficient (Wildman–Crippen LogP) is 1.19. The standard InChI is InChI=1S/C29H38N4O7/c1-6-8-32(4)17-7-9-33(5)22-14(17)12-18(34)20-15(22)10-13-11-16-23(31(2)3)25(36)21(28(30)39)27(38)29(16,40)26(37)19(13)24(20)35/h12-13,16-17,23,34-35,38,40H,6-11H2,1-5H3,(H2,30,39)/t13-,16-,17?,23-,29+/m1/s1. The highest BCUT2D eigenvalue weighted by Gasteiger charge is 2.64. The minimum atomic E-state index is -2.64. The van der Waals surface area contributed by atoms with Crippen molar-refractivity contribution < 1.29 is 34.8 Å². The molecule has 216 valence electrons. The van der Waals surface area contributed by atoms with Crippen molar-refractivity contribution in [2.24, 2.45) is 17.6 Å². The average Bonchev–Trinajstić information content (AvgIpc) is 2.85. The molecule has 4 aliphatic rings. The molecule has 11 nitrogen and oxygen atoms in total. The largest absolute Gasteiger partial charge is 0.508 e. The van der Waals surface area contributed by atoms with Crippen LogP contribution in [0.15, 0.2) is 23.0 Å². The maximum atomic E-state index is 14.0. The number of ketones is 2. The van der Waals surface area contributed by atoms with Crippen LogP contribution in [-0.4, -0.2) is 101 Å². The number of amides is 1. The zero-order chi connectivity index (χ0) is 29.4. The van der Waals surface area contributed by atoms with Gasteiger partial charge in [0, 0.05) is 36.8 Å². The van der Waals surface area contributed by atoms with E-state index in [0.717, 1.165) is 37.2 Å². The Morgan fingerprint density at radius 1 is 1.20 bits per heavy atom. The lowest BCUT2D eigenvalue weighted by atomic mass is 9.57. The number of benzene rings is 1. The first-order chi connectivity index (χ1) is 18.8. The number of rotatable bonds is 5. The number of fused-ring (bicyclic) bond motifs is 5. The Bertz CT molecular complexity index is 1380. The number of anilines is 1. The number of aliphatic hydroxyl groups excluding tert-OH is 2. The number of carbonyl (C=O) groups is 3. The molecule has 0 saturated heterocycles. The van der Waals surface area contributed by atoms with Crippen LogP contribution < -0.4 is 10.6 Å². The molecule has 1 aromatic carbocycles. The molecule has 5 rings (SSSR count). The molecular formula is C29H38N4O7. The van der Waals surface area contributed by atoms with Crippen LogP contribution in [0.2, 0.25) is 0 Å². The number of Topliss-reactive ketones (excluding diaryl/α,β-unsaturated/α-hetero) is 2. The lowest BCUT2D eigenvalue weighted by Crippen LogP contribution is -2.65. The van der Waals surface area contributed by atoms with Gasteiger partial charge < -0.3 is 31.1 Å². The van der Waals surface area contributed by atoms with Gasteiger partial charge in [0.25, 0.3) is 5.91 Å². The number of hydrogen-bond acceptors (Lipinski definition) is 10. The molecule has 3 aliphatic carbocycles. The van der Waals surface area contributed by atoms with Gasteiger partial charge in [0.2, 0.25) is 5.78 Å². The van der Waals surface area contributed by atoms with Crippen LogP contribution in [0.5, 0.6) is 5.75 Å². The Morgan fingerprint density at radius 3 is 2.48 bits per heavy atom. The summed E-state index contributed by atoms with van der Waals surface area (Å²) in [5, 5.41) is 45.5. The molecular weight excluding hydrogens is 516 g/mol. The van der Waals surface area contributed by atoms with Crippen LogP contribution in [-0.2, 0) is 20.8 Å². The molecule has 0 bridgehead atoms. The van der Waals surface area contributed by atoms with Crippen LogP contribution in [0.3, 0.4) is 0 Å². The number of nitrogens with zero attached hydrogens (tertiary/aromatic N) is 3. The summed E-state index contributed by atoms with van der Waals surface area (Å²) < 4.78 is 0. The van der Waals surface area contributed by atoms with E-state index in [2.05, 4.69) is 23.8 Å². The normalized spacial score (nSPS) is 29.9. The molecule has 1 heterocycles. The van der Waals surface area contributed by atoms with Gasteiger partial charge in [-0.2, -0.15) is 0 Å². The summed E-state index contributed by atoms with van der Waals surface area (Å²) in [7, 11) is 7.19. The predicted molar refractivity (Wildman–Crippen MR) is 148 cm³/mol. The molecule has 0 spiro atoms. The summed E-state index contributed by atoms with van der Waals surface area (Å²) in [4.78, 5) is 45.3. The Hall–Kier alpha value is -3.41. The van der Waals surface area contributed by atoms with Gasteiger partial charge in [-0.15, -0.1) is 0 Å². The van der Waals surface area contributed by atoms with E-state index >= 15 is 0 Å².